The molecule has 0 radical (unpaired) electrons. The number of nitrogens with one attached hydrogen (secondary N) is 3. The number of hydroxylamine groups is 2. The van der Waals surface area contributed by atoms with Crippen LogP contribution in [0.15, 0.2) is 18.3 Å². The third-order valence-electron chi connectivity index (χ3n) is 8.03. The standard InChI is InChI=1S/C27H41N7O3/c1-20-16-21(17-22-19-29-31-25(20)22)18-24(30-27(36)37-34-12-3-2-4-13-34)26(35)33-11-5-10-32(14-15-33)23-6-8-28-9-7-23/h16-17,19,23-24,28H,2-15,18H2,1H3,(H,29,31)(H,30,36). The third kappa shape index (κ3) is 6.61. The van der Waals surface area contributed by atoms with Gasteiger partial charge in [-0.25, -0.2) is 4.79 Å². The maximum absolute atomic E-state index is 13.9. The molecule has 4 heterocycles. The highest BCUT2D eigenvalue weighted by atomic mass is 16.7. The van der Waals surface area contributed by atoms with E-state index in [0.717, 1.165) is 99.8 Å². The predicted octanol–water partition coefficient (Wildman–Crippen LogP) is 2.20. The molecule has 3 fully saturated rings. The number of aromatic amines is 1. The normalized spacial score (nSPS) is 21.5. The maximum atomic E-state index is 13.9. The Balaban J connectivity index is 1.28. The van der Waals surface area contributed by atoms with E-state index < -0.39 is 12.1 Å². The summed E-state index contributed by atoms with van der Waals surface area (Å²) in [5.74, 6) is -0.0345. The minimum absolute atomic E-state index is 0.0345. The first-order chi connectivity index (χ1) is 18.1. The topological polar surface area (TPSA) is 106 Å². The third-order valence-corrected chi connectivity index (χ3v) is 8.03. The molecule has 0 spiro atoms. The van der Waals surface area contributed by atoms with E-state index in [1.165, 1.54) is 0 Å². The number of H-pyrrole nitrogens is 1. The first kappa shape index (κ1) is 25.9. The van der Waals surface area contributed by atoms with Gasteiger partial charge in [-0.2, -0.15) is 5.10 Å². The lowest BCUT2D eigenvalue weighted by atomic mass is 10.0. The van der Waals surface area contributed by atoms with Gasteiger partial charge in [0.15, 0.2) is 0 Å². The van der Waals surface area contributed by atoms with Crippen molar-refractivity contribution in [3.05, 3.63) is 29.5 Å². The number of carbonyl (C=O) groups is 2. The number of rotatable bonds is 6. The fourth-order valence-corrected chi connectivity index (χ4v) is 6.02. The number of fused-ring (bicyclic) bond motifs is 1. The van der Waals surface area contributed by atoms with Crippen LogP contribution in [-0.4, -0.2) is 102 Å². The number of carbonyl (C=O) groups excluding carboxylic acids is 2. The van der Waals surface area contributed by atoms with Crippen molar-refractivity contribution in [1.82, 2.24) is 35.7 Å². The molecule has 10 nitrogen and oxygen atoms in total. The Labute approximate surface area is 219 Å². The fraction of sp³-hybridized carbons (Fsp3) is 0.667. The Hall–Kier alpha value is -2.69. The SMILES string of the molecule is Cc1cc(CC(NC(=O)ON2CCCCC2)C(=O)N2CCCN(C3CCNCC3)CC2)cc2cn[nH]c12. The van der Waals surface area contributed by atoms with Crippen LogP contribution in [0.2, 0.25) is 0 Å². The smallest absolute Gasteiger partial charge is 0.351 e. The highest BCUT2D eigenvalue weighted by Gasteiger charge is 2.31. The van der Waals surface area contributed by atoms with Crippen molar-refractivity contribution in [2.75, 3.05) is 52.4 Å². The lowest BCUT2D eigenvalue weighted by Gasteiger charge is -2.34. The van der Waals surface area contributed by atoms with Crippen molar-refractivity contribution in [2.24, 2.45) is 0 Å². The van der Waals surface area contributed by atoms with E-state index in [-0.39, 0.29) is 5.91 Å². The van der Waals surface area contributed by atoms with Gasteiger partial charge in [-0.3, -0.25) is 14.8 Å². The number of amides is 2. The van der Waals surface area contributed by atoms with Crippen LogP contribution in [0.25, 0.3) is 10.9 Å². The fourth-order valence-electron chi connectivity index (χ4n) is 6.02. The second-order valence-corrected chi connectivity index (χ2v) is 10.7. The Morgan fingerprint density at radius 2 is 1.86 bits per heavy atom. The summed E-state index contributed by atoms with van der Waals surface area (Å²) in [6, 6.07) is 4.02. The zero-order valence-electron chi connectivity index (χ0n) is 22.0. The summed E-state index contributed by atoms with van der Waals surface area (Å²) in [6.45, 7) is 8.92. The van der Waals surface area contributed by atoms with Crippen molar-refractivity contribution < 1.29 is 14.4 Å². The molecule has 0 aliphatic carbocycles. The molecule has 0 saturated carbocycles. The summed E-state index contributed by atoms with van der Waals surface area (Å²) in [5.41, 5.74) is 3.06. The van der Waals surface area contributed by atoms with Gasteiger partial charge in [0.25, 0.3) is 0 Å². The first-order valence-corrected chi connectivity index (χ1v) is 14.0. The monoisotopic (exact) mass is 511 g/mol. The molecule has 37 heavy (non-hydrogen) atoms. The van der Waals surface area contributed by atoms with Crippen molar-refractivity contribution in [2.45, 2.75) is 64.0 Å². The quantitative estimate of drug-likeness (QED) is 0.546. The molecule has 2 aromatic rings. The second-order valence-electron chi connectivity index (χ2n) is 10.7. The number of piperidine rings is 2. The van der Waals surface area contributed by atoms with Crippen molar-refractivity contribution in [3.8, 4) is 0 Å². The molecule has 0 bridgehead atoms. The van der Waals surface area contributed by atoms with E-state index in [1.807, 2.05) is 17.9 Å². The van der Waals surface area contributed by atoms with Gasteiger partial charge in [0.2, 0.25) is 5.91 Å². The summed E-state index contributed by atoms with van der Waals surface area (Å²) >= 11 is 0. The van der Waals surface area contributed by atoms with Crippen molar-refractivity contribution in [1.29, 1.82) is 0 Å². The molecule has 2 amide bonds. The van der Waals surface area contributed by atoms with E-state index >= 15 is 0 Å². The summed E-state index contributed by atoms with van der Waals surface area (Å²) in [5, 5.41) is 16.3. The van der Waals surface area contributed by atoms with Crippen LogP contribution >= 0.6 is 0 Å². The van der Waals surface area contributed by atoms with Gasteiger partial charge in [-0.05, 0) is 69.3 Å². The zero-order valence-corrected chi connectivity index (χ0v) is 22.0. The minimum Gasteiger partial charge on any atom is -0.351 e. The number of aryl methyl sites for hydroxylation is 1. The Kier molecular flexibility index (Phi) is 8.58. The molecule has 5 rings (SSSR count). The van der Waals surface area contributed by atoms with E-state index in [9.17, 15) is 9.59 Å². The largest absolute Gasteiger partial charge is 0.426 e. The van der Waals surface area contributed by atoms with Crippen molar-refractivity contribution in [3.63, 3.8) is 0 Å². The lowest BCUT2D eigenvalue weighted by molar-refractivity contribution is -0.135. The molecule has 1 aromatic carbocycles. The summed E-state index contributed by atoms with van der Waals surface area (Å²) in [4.78, 5) is 36.8. The second kappa shape index (κ2) is 12.2. The van der Waals surface area contributed by atoms with Gasteiger partial charge in [0.05, 0.1) is 11.7 Å². The average Bonchev–Trinajstić information content (AvgIpc) is 3.25. The summed E-state index contributed by atoms with van der Waals surface area (Å²) < 4.78 is 0. The van der Waals surface area contributed by atoms with Crippen LogP contribution in [0, 0.1) is 6.92 Å². The highest BCUT2D eigenvalue weighted by molar-refractivity contribution is 5.87. The molecule has 3 N–H and O–H groups in total. The van der Waals surface area contributed by atoms with Crippen LogP contribution in [0.1, 0.15) is 49.7 Å². The molecule has 3 aliphatic heterocycles. The number of nitrogens with zero attached hydrogens (tertiary/aromatic N) is 4. The Morgan fingerprint density at radius 1 is 1.05 bits per heavy atom. The zero-order chi connectivity index (χ0) is 25.6. The number of hydrogen-bond acceptors (Lipinski definition) is 7. The van der Waals surface area contributed by atoms with E-state index in [1.54, 1.807) is 11.3 Å². The van der Waals surface area contributed by atoms with Crippen LogP contribution in [0.5, 0.6) is 0 Å². The molecular weight excluding hydrogens is 470 g/mol. The average molecular weight is 512 g/mol. The molecule has 10 heteroatoms. The number of aromatic nitrogens is 2. The highest BCUT2D eigenvalue weighted by Crippen LogP contribution is 2.21. The van der Waals surface area contributed by atoms with Gasteiger partial charge in [0.1, 0.15) is 6.04 Å². The predicted molar refractivity (Wildman–Crippen MR) is 142 cm³/mol. The Bertz CT molecular complexity index is 1060. The number of hydrogen-bond donors (Lipinski definition) is 3. The molecule has 1 unspecified atom stereocenters. The molecule has 1 atom stereocenters. The molecular formula is C27H41N7O3. The summed E-state index contributed by atoms with van der Waals surface area (Å²) in [7, 11) is 0. The maximum Gasteiger partial charge on any atom is 0.426 e. The van der Waals surface area contributed by atoms with Gasteiger partial charge in [0, 0.05) is 57.1 Å². The lowest BCUT2D eigenvalue weighted by Crippen LogP contribution is -2.52. The Morgan fingerprint density at radius 3 is 2.68 bits per heavy atom. The van der Waals surface area contributed by atoms with Gasteiger partial charge in [-0.1, -0.05) is 12.5 Å². The van der Waals surface area contributed by atoms with Crippen LogP contribution < -0.4 is 10.6 Å². The van der Waals surface area contributed by atoms with Crippen LogP contribution in [0.3, 0.4) is 0 Å². The van der Waals surface area contributed by atoms with Crippen LogP contribution in [-0.2, 0) is 16.1 Å². The van der Waals surface area contributed by atoms with Crippen LogP contribution in [0.4, 0.5) is 4.79 Å². The van der Waals surface area contributed by atoms with Gasteiger partial charge < -0.3 is 20.4 Å². The van der Waals surface area contributed by atoms with E-state index in [2.05, 4.69) is 31.8 Å². The molecule has 3 saturated heterocycles. The van der Waals surface area contributed by atoms with Gasteiger partial charge in [-0.15, -0.1) is 5.06 Å². The van der Waals surface area contributed by atoms with E-state index in [4.69, 9.17) is 4.84 Å². The molecule has 1 aromatic heterocycles. The minimum atomic E-state index is -0.688. The first-order valence-electron chi connectivity index (χ1n) is 14.0. The van der Waals surface area contributed by atoms with E-state index in [0.29, 0.717) is 25.6 Å². The molecule has 3 aliphatic rings. The molecule has 202 valence electrons. The number of benzene rings is 1. The van der Waals surface area contributed by atoms with Gasteiger partial charge >= 0.3 is 6.09 Å². The van der Waals surface area contributed by atoms with Crippen molar-refractivity contribution >= 4 is 22.9 Å². The summed E-state index contributed by atoms with van der Waals surface area (Å²) in [6.07, 6.45) is 8.11.